The normalized spacial score (nSPS) is 10.1. The zero-order valence-electron chi connectivity index (χ0n) is 8.77. The molecule has 0 heterocycles. The number of benzene rings is 2. The van der Waals surface area contributed by atoms with Gasteiger partial charge in [0.2, 0.25) is 0 Å². The number of halogens is 1. The molecule has 82 valence electrons. The van der Waals surface area contributed by atoms with Gasteiger partial charge in [0, 0.05) is 10.0 Å². The molecule has 3 heteroatoms. The molecule has 0 saturated carbocycles. The third-order valence-electron chi connectivity index (χ3n) is 2.35. The molecule has 1 N–H and O–H groups in total. The molecule has 0 bridgehead atoms. The molecule has 0 aliphatic carbocycles. The van der Waals surface area contributed by atoms with E-state index in [9.17, 15) is 5.11 Å². The molecule has 2 nitrogen and oxygen atoms in total. The average Bonchev–Trinajstić information content (AvgIpc) is 2.29. The fourth-order valence-corrected chi connectivity index (χ4v) is 1.98. The monoisotopic (exact) mass is 278 g/mol. The molecule has 0 amide bonds. The van der Waals surface area contributed by atoms with E-state index in [0.29, 0.717) is 5.75 Å². The third-order valence-corrected chi connectivity index (χ3v) is 2.85. The van der Waals surface area contributed by atoms with E-state index in [1.54, 1.807) is 13.2 Å². The zero-order valence-corrected chi connectivity index (χ0v) is 10.4. The molecule has 0 atom stereocenters. The quantitative estimate of drug-likeness (QED) is 0.905. The molecule has 2 rings (SSSR count). The van der Waals surface area contributed by atoms with E-state index >= 15 is 0 Å². The van der Waals surface area contributed by atoms with Crippen LogP contribution in [0.4, 0.5) is 0 Å². The summed E-state index contributed by atoms with van der Waals surface area (Å²) in [6.45, 7) is 0. The maximum Gasteiger partial charge on any atom is 0.165 e. The van der Waals surface area contributed by atoms with Gasteiger partial charge < -0.3 is 9.84 Å². The minimum Gasteiger partial charge on any atom is -0.504 e. The summed E-state index contributed by atoms with van der Waals surface area (Å²) >= 11 is 3.41. The van der Waals surface area contributed by atoms with E-state index in [-0.39, 0.29) is 5.75 Å². The maximum absolute atomic E-state index is 9.99. The molecule has 0 aromatic heterocycles. The van der Waals surface area contributed by atoms with E-state index in [0.717, 1.165) is 15.6 Å². The molecule has 2 aromatic rings. The summed E-state index contributed by atoms with van der Waals surface area (Å²) in [5.74, 6) is 0.653. The summed E-state index contributed by atoms with van der Waals surface area (Å²) in [4.78, 5) is 0. The zero-order chi connectivity index (χ0) is 11.5. The van der Waals surface area contributed by atoms with E-state index in [2.05, 4.69) is 15.9 Å². The molecule has 0 saturated heterocycles. The van der Waals surface area contributed by atoms with Gasteiger partial charge in [0.1, 0.15) is 0 Å². The lowest BCUT2D eigenvalue weighted by Crippen LogP contribution is -1.86. The Kier molecular flexibility index (Phi) is 3.15. The Labute approximate surface area is 103 Å². The smallest absolute Gasteiger partial charge is 0.165 e. The van der Waals surface area contributed by atoms with Crippen molar-refractivity contribution in [2.75, 3.05) is 7.11 Å². The molecule has 0 fully saturated rings. The van der Waals surface area contributed by atoms with Crippen LogP contribution in [0.15, 0.2) is 46.9 Å². The summed E-state index contributed by atoms with van der Waals surface area (Å²) in [7, 11) is 1.54. The number of phenolic OH excluding ortho intramolecular Hbond substituents is 1. The van der Waals surface area contributed by atoms with Crippen molar-refractivity contribution in [2.45, 2.75) is 0 Å². The van der Waals surface area contributed by atoms with E-state index in [1.165, 1.54) is 0 Å². The minimum absolute atomic E-state index is 0.170. The van der Waals surface area contributed by atoms with Crippen LogP contribution in [0.1, 0.15) is 0 Å². The van der Waals surface area contributed by atoms with Crippen LogP contribution in [0.3, 0.4) is 0 Å². The molecular formula is C13H11BrO2. The van der Waals surface area contributed by atoms with Crippen molar-refractivity contribution in [1.29, 1.82) is 0 Å². The van der Waals surface area contributed by atoms with Gasteiger partial charge in [-0.2, -0.15) is 0 Å². The van der Waals surface area contributed by atoms with Crippen LogP contribution in [0.25, 0.3) is 11.1 Å². The lowest BCUT2D eigenvalue weighted by Gasteiger charge is -2.08. The van der Waals surface area contributed by atoms with Crippen molar-refractivity contribution in [3.63, 3.8) is 0 Å². The van der Waals surface area contributed by atoms with Crippen molar-refractivity contribution in [1.82, 2.24) is 0 Å². The van der Waals surface area contributed by atoms with Crippen molar-refractivity contribution in [2.24, 2.45) is 0 Å². The Morgan fingerprint density at radius 3 is 2.56 bits per heavy atom. The second-order valence-electron chi connectivity index (χ2n) is 3.37. The van der Waals surface area contributed by atoms with Gasteiger partial charge in [0.05, 0.1) is 7.11 Å². The Hall–Kier alpha value is -1.48. The van der Waals surface area contributed by atoms with Crippen LogP contribution in [-0.4, -0.2) is 12.2 Å². The SMILES string of the molecule is COc1cccc(-c2cccc(Br)c2)c1O. The topological polar surface area (TPSA) is 29.5 Å². The largest absolute Gasteiger partial charge is 0.504 e. The summed E-state index contributed by atoms with van der Waals surface area (Å²) in [6, 6.07) is 13.2. The highest BCUT2D eigenvalue weighted by molar-refractivity contribution is 9.10. The lowest BCUT2D eigenvalue weighted by molar-refractivity contribution is 0.374. The van der Waals surface area contributed by atoms with Crippen molar-refractivity contribution in [3.8, 4) is 22.6 Å². The number of phenols is 1. The first-order valence-electron chi connectivity index (χ1n) is 4.84. The Morgan fingerprint density at radius 1 is 1.12 bits per heavy atom. The van der Waals surface area contributed by atoms with Crippen LogP contribution >= 0.6 is 15.9 Å². The van der Waals surface area contributed by atoms with Crippen molar-refractivity contribution < 1.29 is 9.84 Å². The third kappa shape index (κ3) is 2.04. The second kappa shape index (κ2) is 4.58. The standard InChI is InChI=1S/C13H11BrO2/c1-16-12-7-3-6-11(13(12)15)9-4-2-5-10(14)8-9/h2-8,15H,1H3. The maximum atomic E-state index is 9.99. The van der Waals surface area contributed by atoms with Gasteiger partial charge in [-0.3, -0.25) is 0 Å². The average molecular weight is 279 g/mol. The first kappa shape index (κ1) is 11.0. The van der Waals surface area contributed by atoms with Crippen LogP contribution in [0.5, 0.6) is 11.5 Å². The van der Waals surface area contributed by atoms with Gasteiger partial charge in [0.25, 0.3) is 0 Å². The van der Waals surface area contributed by atoms with Gasteiger partial charge in [-0.25, -0.2) is 0 Å². The van der Waals surface area contributed by atoms with Crippen LogP contribution in [0, 0.1) is 0 Å². The Balaban J connectivity index is 2.56. The molecule has 2 aromatic carbocycles. The second-order valence-corrected chi connectivity index (χ2v) is 4.28. The molecule has 16 heavy (non-hydrogen) atoms. The van der Waals surface area contributed by atoms with Crippen LogP contribution in [-0.2, 0) is 0 Å². The first-order chi connectivity index (χ1) is 7.72. The number of aromatic hydroxyl groups is 1. The number of ether oxygens (including phenoxy) is 1. The summed E-state index contributed by atoms with van der Waals surface area (Å²) in [5, 5.41) is 9.99. The predicted molar refractivity (Wildman–Crippen MR) is 67.8 cm³/mol. The van der Waals surface area contributed by atoms with E-state index in [4.69, 9.17) is 4.74 Å². The molecule has 0 aliphatic rings. The van der Waals surface area contributed by atoms with Gasteiger partial charge in [-0.1, -0.05) is 40.2 Å². The fraction of sp³-hybridized carbons (Fsp3) is 0.0769. The lowest BCUT2D eigenvalue weighted by atomic mass is 10.0. The highest BCUT2D eigenvalue weighted by Crippen LogP contribution is 2.37. The fourth-order valence-electron chi connectivity index (χ4n) is 1.58. The molecule has 0 unspecified atom stereocenters. The minimum atomic E-state index is 0.170. The highest BCUT2D eigenvalue weighted by atomic mass is 79.9. The Morgan fingerprint density at radius 2 is 1.88 bits per heavy atom. The van der Waals surface area contributed by atoms with Crippen molar-refractivity contribution in [3.05, 3.63) is 46.9 Å². The number of methoxy groups -OCH3 is 1. The number of para-hydroxylation sites is 1. The number of rotatable bonds is 2. The molecular weight excluding hydrogens is 268 g/mol. The first-order valence-corrected chi connectivity index (χ1v) is 5.63. The number of hydrogen-bond donors (Lipinski definition) is 1. The van der Waals surface area contributed by atoms with Gasteiger partial charge in [-0.15, -0.1) is 0 Å². The van der Waals surface area contributed by atoms with E-state index < -0.39 is 0 Å². The summed E-state index contributed by atoms with van der Waals surface area (Å²) in [6.07, 6.45) is 0. The van der Waals surface area contributed by atoms with Crippen LogP contribution in [0.2, 0.25) is 0 Å². The molecule has 0 aliphatic heterocycles. The van der Waals surface area contributed by atoms with E-state index in [1.807, 2.05) is 36.4 Å². The summed E-state index contributed by atoms with van der Waals surface area (Å²) in [5.41, 5.74) is 1.71. The number of hydrogen-bond acceptors (Lipinski definition) is 2. The summed E-state index contributed by atoms with van der Waals surface area (Å²) < 4.78 is 6.05. The molecule has 0 radical (unpaired) electrons. The Bertz CT molecular complexity index is 509. The van der Waals surface area contributed by atoms with Gasteiger partial charge >= 0.3 is 0 Å². The van der Waals surface area contributed by atoms with Gasteiger partial charge in [-0.05, 0) is 23.8 Å². The van der Waals surface area contributed by atoms with Crippen molar-refractivity contribution >= 4 is 15.9 Å². The molecule has 0 spiro atoms. The highest BCUT2D eigenvalue weighted by Gasteiger charge is 2.08. The predicted octanol–water partition coefficient (Wildman–Crippen LogP) is 3.83. The van der Waals surface area contributed by atoms with Crippen LogP contribution < -0.4 is 4.74 Å². The van der Waals surface area contributed by atoms with Gasteiger partial charge in [0.15, 0.2) is 11.5 Å².